The topological polar surface area (TPSA) is 77.0 Å². The van der Waals surface area contributed by atoms with Gasteiger partial charge in [0.05, 0.1) is 0 Å². The summed E-state index contributed by atoms with van der Waals surface area (Å²) in [6, 6.07) is 13.3. The third kappa shape index (κ3) is 3.73. The molecule has 0 fully saturated rings. The van der Waals surface area contributed by atoms with Crippen molar-refractivity contribution >= 4 is 17.6 Å². The number of benzene rings is 2. The molecule has 3 N–H and O–H groups in total. The molecule has 2 aromatic rings. The molecule has 0 aliphatic rings. The predicted molar refractivity (Wildman–Crippen MR) is 72.9 cm³/mol. The molecule has 0 bridgehead atoms. The number of hydrogen-bond donors (Lipinski definition) is 1. The van der Waals surface area contributed by atoms with Crippen molar-refractivity contribution in [2.75, 3.05) is 0 Å². The monoisotopic (exact) mass is 291 g/mol. The Balaban J connectivity index is 1.97. The zero-order valence-electron chi connectivity index (χ0n) is 10.7. The first kappa shape index (κ1) is 14.4. The molecule has 0 saturated carbocycles. The Morgan fingerprint density at radius 1 is 1.15 bits per heavy atom. The van der Waals surface area contributed by atoms with Crippen molar-refractivity contribution in [1.29, 1.82) is 0 Å². The van der Waals surface area contributed by atoms with E-state index >= 15 is 0 Å². The molecule has 0 aromatic heterocycles. The number of rotatable bonds is 5. The van der Waals surface area contributed by atoms with Gasteiger partial charge in [0, 0.05) is 10.6 Å². The summed E-state index contributed by atoms with van der Waals surface area (Å²) in [7, 11) is 0. The zero-order valence-corrected chi connectivity index (χ0v) is 11.5. The van der Waals surface area contributed by atoms with Crippen LogP contribution in [0.3, 0.4) is 0 Å². The minimum atomic E-state index is -1.19. The number of ether oxygens (including phenoxy) is 1. The van der Waals surface area contributed by atoms with Gasteiger partial charge >= 0.3 is 0 Å². The molecular weight excluding hydrogens is 278 g/mol. The van der Waals surface area contributed by atoms with E-state index in [1.54, 1.807) is 36.4 Å². The smallest absolute Gasteiger partial charge is 0.150 e. The highest BCUT2D eigenvalue weighted by molar-refractivity contribution is 6.30. The Kier molecular flexibility index (Phi) is 4.61. The molecule has 0 saturated heterocycles. The van der Waals surface area contributed by atoms with E-state index in [2.05, 4.69) is 5.73 Å². The highest BCUT2D eigenvalue weighted by atomic mass is 35.5. The first-order chi connectivity index (χ1) is 9.56. The van der Waals surface area contributed by atoms with Crippen LogP contribution in [-0.4, -0.2) is 5.97 Å². The quantitative estimate of drug-likeness (QED) is 0.891. The number of carboxylic acid groups (broad SMARTS) is 1. The minimum absolute atomic E-state index is 0.421. The summed E-state index contributed by atoms with van der Waals surface area (Å²) < 4.78 is 5.60. The minimum Gasteiger partial charge on any atom is -0.544 e. The van der Waals surface area contributed by atoms with E-state index in [9.17, 15) is 9.90 Å². The molecule has 0 aliphatic heterocycles. The van der Waals surface area contributed by atoms with Crippen molar-refractivity contribution in [1.82, 2.24) is 0 Å². The fraction of sp³-hybridized carbons (Fsp3) is 0.133. The number of hydrogen-bond acceptors (Lipinski definition) is 3. The lowest BCUT2D eigenvalue weighted by atomic mass is 10.1. The summed E-state index contributed by atoms with van der Waals surface area (Å²) in [5, 5.41) is 11.4. The Labute approximate surface area is 121 Å². The van der Waals surface area contributed by atoms with Crippen molar-refractivity contribution in [2.24, 2.45) is 0 Å². The average Bonchev–Trinajstić information content (AvgIpc) is 2.46. The maximum atomic E-state index is 10.7. The van der Waals surface area contributed by atoms with Crippen molar-refractivity contribution in [2.45, 2.75) is 12.6 Å². The number of quaternary nitrogens is 1. The van der Waals surface area contributed by atoms with Crippen molar-refractivity contribution < 1.29 is 20.4 Å². The van der Waals surface area contributed by atoms with Gasteiger partial charge < -0.3 is 20.4 Å². The lowest BCUT2D eigenvalue weighted by Gasteiger charge is -2.11. The second kappa shape index (κ2) is 6.41. The van der Waals surface area contributed by atoms with E-state index < -0.39 is 12.0 Å². The maximum absolute atomic E-state index is 10.7. The van der Waals surface area contributed by atoms with Gasteiger partial charge in [-0.3, -0.25) is 0 Å². The van der Waals surface area contributed by atoms with Crippen molar-refractivity contribution in [3.8, 4) is 5.75 Å². The summed E-state index contributed by atoms with van der Waals surface area (Å²) in [4.78, 5) is 10.7. The third-order valence-electron chi connectivity index (χ3n) is 2.89. The molecule has 0 spiro atoms. The lowest BCUT2D eigenvalue weighted by molar-refractivity contribution is -0.443. The number of aliphatic carboxylic acids is 1. The molecule has 0 amide bonds. The highest BCUT2D eigenvalue weighted by Crippen LogP contribution is 2.17. The van der Waals surface area contributed by atoms with Crippen LogP contribution in [0.5, 0.6) is 5.75 Å². The van der Waals surface area contributed by atoms with Crippen LogP contribution >= 0.6 is 11.6 Å². The number of carbonyl (C=O) groups is 1. The average molecular weight is 292 g/mol. The molecule has 104 valence electrons. The largest absolute Gasteiger partial charge is 0.544 e. The van der Waals surface area contributed by atoms with Crippen LogP contribution in [0.4, 0.5) is 0 Å². The van der Waals surface area contributed by atoms with Gasteiger partial charge in [-0.05, 0) is 42.0 Å². The molecular formula is C15H14ClNO3. The van der Waals surface area contributed by atoms with Gasteiger partial charge in [-0.1, -0.05) is 23.7 Å². The van der Waals surface area contributed by atoms with Crippen LogP contribution in [0.25, 0.3) is 0 Å². The van der Waals surface area contributed by atoms with Crippen molar-refractivity contribution in [3.63, 3.8) is 0 Å². The Hall–Kier alpha value is -2.04. The third-order valence-corrected chi connectivity index (χ3v) is 3.14. The highest BCUT2D eigenvalue weighted by Gasteiger charge is 2.10. The SMILES string of the molecule is [NH3+][C@H](C(=O)[O-])c1ccc(OCc2ccc(Cl)cc2)cc1. The molecule has 0 aliphatic carbocycles. The normalized spacial score (nSPS) is 11.9. The zero-order chi connectivity index (χ0) is 14.5. The molecule has 20 heavy (non-hydrogen) atoms. The number of carboxylic acids is 1. The van der Waals surface area contributed by atoms with E-state index in [0.29, 0.717) is 22.9 Å². The summed E-state index contributed by atoms with van der Waals surface area (Å²) in [5.41, 5.74) is 5.11. The summed E-state index contributed by atoms with van der Waals surface area (Å²) in [5.74, 6) is -0.533. The van der Waals surface area contributed by atoms with E-state index in [-0.39, 0.29) is 0 Å². The van der Waals surface area contributed by atoms with Gasteiger partial charge in [0.1, 0.15) is 18.3 Å². The van der Waals surface area contributed by atoms with Gasteiger partial charge in [0.2, 0.25) is 0 Å². The first-order valence-corrected chi connectivity index (χ1v) is 6.45. The molecule has 0 heterocycles. The molecule has 2 aromatic carbocycles. The van der Waals surface area contributed by atoms with Crippen LogP contribution in [0.15, 0.2) is 48.5 Å². The molecule has 4 nitrogen and oxygen atoms in total. The van der Waals surface area contributed by atoms with Crippen LogP contribution in [0.1, 0.15) is 17.2 Å². The summed E-state index contributed by atoms with van der Waals surface area (Å²) in [6.07, 6.45) is 0. The Morgan fingerprint density at radius 3 is 2.30 bits per heavy atom. The fourth-order valence-electron chi connectivity index (χ4n) is 1.68. The maximum Gasteiger partial charge on any atom is 0.150 e. The Bertz CT molecular complexity index is 581. The van der Waals surface area contributed by atoms with Gasteiger partial charge in [0.25, 0.3) is 0 Å². The molecule has 1 atom stereocenters. The van der Waals surface area contributed by atoms with Crippen molar-refractivity contribution in [3.05, 3.63) is 64.7 Å². The van der Waals surface area contributed by atoms with E-state index in [0.717, 1.165) is 5.56 Å². The van der Waals surface area contributed by atoms with Crippen LogP contribution in [0, 0.1) is 0 Å². The molecule has 2 rings (SSSR count). The van der Waals surface area contributed by atoms with E-state index in [1.165, 1.54) is 0 Å². The summed E-state index contributed by atoms with van der Waals surface area (Å²) >= 11 is 5.80. The van der Waals surface area contributed by atoms with E-state index in [1.807, 2.05) is 12.1 Å². The lowest BCUT2D eigenvalue weighted by Crippen LogP contribution is -2.60. The molecule has 0 unspecified atom stereocenters. The molecule has 0 radical (unpaired) electrons. The van der Waals surface area contributed by atoms with Gasteiger partial charge in [-0.25, -0.2) is 0 Å². The number of carbonyl (C=O) groups excluding carboxylic acids is 1. The van der Waals surface area contributed by atoms with Crippen LogP contribution in [-0.2, 0) is 11.4 Å². The fourth-order valence-corrected chi connectivity index (χ4v) is 1.81. The Morgan fingerprint density at radius 2 is 1.75 bits per heavy atom. The van der Waals surface area contributed by atoms with Gasteiger partial charge in [0.15, 0.2) is 6.04 Å². The second-order valence-electron chi connectivity index (χ2n) is 4.36. The predicted octanol–water partition coefficient (Wildman–Crippen LogP) is 0.952. The van der Waals surface area contributed by atoms with Gasteiger partial charge in [-0.2, -0.15) is 0 Å². The standard InChI is InChI=1S/C15H14ClNO3/c16-12-5-1-10(2-6-12)9-20-13-7-3-11(4-8-13)14(17)15(18)19/h1-8,14H,9,17H2,(H,18,19)/t14-/m0/s1. The molecule has 5 heteroatoms. The van der Waals surface area contributed by atoms with Crippen LogP contribution < -0.4 is 15.6 Å². The summed E-state index contributed by atoms with van der Waals surface area (Å²) in [6.45, 7) is 0.421. The second-order valence-corrected chi connectivity index (χ2v) is 4.79. The number of halogens is 1. The first-order valence-electron chi connectivity index (χ1n) is 6.07. The van der Waals surface area contributed by atoms with Gasteiger partial charge in [-0.15, -0.1) is 0 Å². The van der Waals surface area contributed by atoms with E-state index in [4.69, 9.17) is 16.3 Å². The van der Waals surface area contributed by atoms with Crippen LogP contribution in [0.2, 0.25) is 5.02 Å².